The lowest BCUT2D eigenvalue weighted by atomic mass is 10.4. The van der Waals surface area contributed by atoms with E-state index in [-0.39, 0.29) is 4.90 Å². The van der Waals surface area contributed by atoms with E-state index in [0.717, 1.165) is 18.5 Å². The average molecular weight is 293 g/mol. The molecular weight excluding hydrogens is 276 g/mol. The van der Waals surface area contributed by atoms with Crippen LogP contribution in [0.25, 0.3) is 0 Å². The van der Waals surface area contributed by atoms with Crippen molar-refractivity contribution in [1.82, 2.24) is 14.6 Å². The molecule has 5 nitrogen and oxygen atoms in total. The first-order chi connectivity index (χ1) is 8.88. The number of hydrogen-bond donors (Lipinski definition) is 2. The molecule has 2 N–H and O–H groups in total. The van der Waals surface area contributed by atoms with Crippen molar-refractivity contribution >= 4 is 10.0 Å². The highest BCUT2D eigenvalue weighted by atomic mass is 32.2. The van der Waals surface area contributed by atoms with E-state index in [4.69, 9.17) is 0 Å². The van der Waals surface area contributed by atoms with Crippen LogP contribution in [-0.2, 0) is 23.6 Å². The van der Waals surface area contributed by atoms with Crippen LogP contribution >= 0.6 is 0 Å². The molecule has 1 aliphatic rings. The quantitative estimate of drug-likeness (QED) is 0.782. The molecule has 19 heavy (non-hydrogen) atoms. The van der Waals surface area contributed by atoms with Crippen molar-refractivity contribution < 1.29 is 17.2 Å². The second kappa shape index (κ2) is 5.56. The molecule has 0 amide bonds. The number of hydrogen-bond acceptors (Lipinski definition) is 3. The SMILES string of the molecule is Cn1cc(S(=O)(=O)NCC(F)F)cc1CNC1CC1. The predicted molar refractivity (Wildman–Crippen MR) is 66.5 cm³/mol. The van der Waals surface area contributed by atoms with Gasteiger partial charge in [0.25, 0.3) is 6.43 Å². The maximum atomic E-state index is 12.0. The standard InChI is InChI=1S/C11H17F2N3O2S/c1-16-7-10(19(17,18)15-6-11(12)13)4-9(16)5-14-8-2-3-8/h4,7-8,11,14-15H,2-3,5-6H2,1H3. The molecule has 0 aliphatic heterocycles. The van der Waals surface area contributed by atoms with Gasteiger partial charge in [0, 0.05) is 31.5 Å². The van der Waals surface area contributed by atoms with E-state index in [1.807, 2.05) is 4.72 Å². The summed E-state index contributed by atoms with van der Waals surface area (Å²) in [6, 6.07) is 2.02. The van der Waals surface area contributed by atoms with Crippen molar-refractivity contribution in [3.63, 3.8) is 0 Å². The normalized spacial score (nSPS) is 16.2. The van der Waals surface area contributed by atoms with Gasteiger partial charge in [-0.05, 0) is 18.9 Å². The van der Waals surface area contributed by atoms with E-state index in [2.05, 4.69) is 5.32 Å². The largest absolute Gasteiger partial charge is 0.352 e. The van der Waals surface area contributed by atoms with E-state index in [1.165, 1.54) is 12.3 Å². The summed E-state index contributed by atoms with van der Waals surface area (Å²) in [7, 11) is -2.13. The number of aryl methyl sites for hydroxylation is 1. The minimum absolute atomic E-state index is 0.0169. The molecule has 0 bridgehead atoms. The molecule has 1 saturated carbocycles. The Morgan fingerprint density at radius 2 is 2.16 bits per heavy atom. The van der Waals surface area contributed by atoms with Gasteiger partial charge in [-0.1, -0.05) is 0 Å². The van der Waals surface area contributed by atoms with Crippen molar-refractivity contribution in [1.29, 1.82) is 0 Å². The fraction of sp³-hybridized carbons (Fsp3) is 0.636. The second-order valence-corrected chi connectivity index (χ2v) is 6.44. The van der Waals surface area contributed by atoms with Gasteiger partial charge in [0.05, 0.1) is 11.4 Å². The Morgan fingerprint density at radius 3 is 2.74 bits per heavy atom. The summed E-state index contributed by atoms with van der Waals surface area (Å²) in [6.45, 7) is -0.293. The zero-order chi connectivity index (χ0) is 14.0. The Kier molecular flexibility index (Phi) is 4.22. The molecule has 2 rings (SSSR count). The van der Waals surface area contributed by atoms with Gasteiger partial charge in [-0.25, -0.2) is 21.9 Å². The van der Waals surface area contributed by atoms with Gasteiger partial charge in [-0.2, -0.15) is 0 Å². The maximum absolute atomic E-state index is 12.0. The summed E-state index contributed by atoms with van der Waals surface area (Å²) < 4.78 is 51.2. The number of nitrogens with zero attached hydrogens (tertiary/aromatic N) is 1. The van der Waals surface area contributed by atoms with Crippen LogP contribution < -0.4 is 10.0 Å². The molecule has 0 unspecified atom stereocenters. The van der Waals surface area contributed by atoms with Crippen LogP contribution in [0.15, 0.2) is 17.2 Å². The lowest BCUT2D eigenvalue weighted by molar-refractivity contribution is 0.153. The molecule has 1 fully saturated rings. The molecule has 108 valence electrons. The molecule has 0 radical (unpaired) electrons. The van der Waals surface area contributed by atoms with E-state index in [1.54, 1.807) is 11.6 Å². The Bertz CT molecular complexity index is 538. The molecule has 8 heteroatoms. The number of sulfonamides is 1. The number of aromatic nitrogens is 1. The molecule has 0 saturated heterocycles. The van der Waals surface area contributed by atoms with Crippen LogP contribution in [0, 0.1) is 0 Å². The number of rotatable bonds is 7. The summed E-state index contributed by atoms with van der Waals surface area (Å²) in [5.41, 5.74) is 0.810. The van der Waals surface area contributed by atoms with Crippen molar-refractivity contribution in [2.75, 3.05) is 6.54 Å². The first-order valence-electron chi connectivity index (χ1n) is 6.05. The fourth-order valence-corrected chi connectivity index (χ4v) is 2.79. The summed E-state index contributed by atoms with van der Waals surface area (Å²) >= 11 is 0. The number of nitrogens with one attached hydrogen (secondary N) is 2. The van der Waals surface area contributed by atoms with Crippen molar-refractivity contribution in [3.8, 4) is 0 Å². The fourth-order valence-electron chi connectivity index (χ4n) is 1.69. The van der Waals surface area contributed by atoms with Gasteiger partial charge in [0.2, 0.25) is 10.0 Å². The number of alkyl halides is 2. The van der Waals surface area contributed by atoms with Crippen molar-refractivity contribution in [2.24, 2.45) is 7.05 Å². The first kappa shape index (κ1) is 14.4. The third-order valence-electron chi connectivity index (χ3n) is 2.97. The average Bonchev–Trinajstić information content (AvgIpc) is 3.08. The molecular formula is C11H17F2N3O2S. The predicted octanol–water partition coefficient (Wildman–Crippen LogP) is 0.820. The van der Waals surface area contributed by atoms with E-state index >= 15 is 0 Å². The van der Waals surface area contributed by atoms with E-state index in [0.29, 0.717) is 12.6 Å². The highest BCUT2D eigenvalue weighted by Crippen LogP contribution is 2.20. The summed E-state index contributed by atoms with van der Waals surface area (Å²) in [5, 5.41) is 3.27. The van der Waals surface area contributed by atoms with Gasteiger partial charge in [-0.15, -0.1) is 0 Å². The first-order valence-corrected chi connectivity index (χ1v) is 7.53. The Morgan fingerprint density at radius 1 is 1.47 bits per heavy atom. The molecule has 1 aromatic heterocycles. The zero-order valence-corrected chi connectivity index (χ0v) is 11.4. The van der Waals surface area contributed by atoms with E-state index < -0.39 is 23.0 Å². The maximum Gasteiger partial charge on any atom is 0.251 e. The zero-order valence-electron chi connectivity index (χ0n) is 10.6. The van der Waals surface area contributed by atoms with Crippen LogP contribution in [0.1, 0.15) is 18.5 Å². The second-order valence-electron chi connectivity index (χ2n) is 4.68. The highest BCUT2D eigenvalue weighted by Gasteiger charge is 2.22. The van der Waals surface area contributed by atoms with Crippen molar-refractivity contribution in [3.05, 3.63) is 18.0 Å². The number of halogens is 2. The molecule has 0 spiro atoms. The van der Waals surface area contributed by atoms with Crippen LogP contribution in [0.2, 0.25) is 0 Å². The molecule has 1 heterocycles. The van der Waals surface area contributed by atoms with Crippen LogP contribution in [0.4, 0.5) is 8.78 Å². The molecule has 1 aliphatic carbocycles. The van der Waals surface area contributed by atoms with Crippen molar-refractivity contribution in [2.45, 2.75) is 36.7 Å². The molecule has 0 atom stereocenters. The van der Waals surface area contributed by atoms with Crippen LogP contribution in [0.3, 0.4) is 0 Å². The summed E-state index contributed by atoms with van der Waals surface area (Å²) in [6.07, 6.45) is 1.02. The third-order valence-corrected chi connectivity index (χ3v) is 4.36. The Labute approximate surface area is 111 Å². The van der Waals surface area contributed by atoms with Gasteiger partial charge < -0.3 is 9.88 Å². The minimum atomic E-state index is -3.86. The Balaban J connectivity index is 2.04. The smallest absolute Gasteiger partial charge is 0.251 e. The molecule has 0 aromatic carbocycles. The highest BCUT2D eigenvalue weighted by molar-refractivity contribution is 7.89. The monoisotopic (exact) mass is 293 g/mol. The minimum Gasteiger partial charge on any atom is -0.352 e. The van der Waals surface area contributed by atoms with Gasteiger partial charge >= 0.3 is 0 Å². The summed E-state index contributed by atoms with van der Waals surface area (Å²) in [5.74, 6) is 0. The van der Waals surface area contributed by atoms with Crippen LogP contribution in [-0.4, -0.2) is 32.0 Å². The van der Waals surface area contributed by atoms with E-state index in [9.17, 15) is 17.2 Å². The molecule has 1 aromatic rings. The summed E-state index contributed by atoms with van der Waals surface area (Å²) in [4.78, 5) is 0.0169. The van der Waals surface area contributed by atoms with Gasteiger partial charge in [0.1, 0.15) is 0 Å². The lowest BCUT2D eigenvalue weighted by Gasteiger charge is -2.03. The van der Waals surface area contributed by atoms with Crippen LogP contribution in [0.5, 0.6) is 0 Å². The Hall–Kier alpha value is -0.990. The topological polar surface area (TPSA) is 63.1 Å². The lowest BCUT2D eigenvalue weighted by Crippen LogP contribution is -2.28. The van der Waals surface area contributed by atoms with Gasteiger partial charge in [-0.3, -0.25) is 0 Å². The van der Waals surface area contributed by atoms with Gasteiger partial charge in [0.15, 0.2) is 0 Å². The third kappa shape index (κ3) is 3.99.